The van der Waals surface area contributed by atoms with Crippen molar-refractivity contribution in [2.75, 3.05) is 31.2 Å². The molecule has 0 unspecified atom stereocenters. The molecular weight excluding hydrogens is 448 g/mol. The first-order chi connectivity index (χ1) is 14.7. The molecule has 152 valence electrons. The lowest BCUT2D eigenvalue weighted by atomic mass is 10.1. The van der Waals surface area contributed by atoms with Gasteiger partial charge in [0.25, 0.3) is 0 Å². The van der Waals surface area contributed by atoms with Crippen LogP contribution in [-0.4, -0.2) is 40.8 Å². The van der Waals surface area contributed by atoms with Crippen LogP contribution in [0.15, 0.2) is 68.7 Å². The fraction of sp³-hybridized carbons (Fsp3) is 0.227. The highest BCUT2D eigenvalue weighted by Gasteiger charge is 2.19. The first-order valence-corrected chi connectivity index (χ1v) is 10.5. The fourth-order valence-corrected chi connectivity index (χ4v) is 4.07. The van der Waals surface area contributed by atoms with Crippen molar-refractivity contribution in [1.29, 1.82) is 0 Å². The van der Waals surface area contributed by atoms with Gasteiger partial charge < -0.3 is 18.6 Å². The van der Waals surface area contributed by atoms with Gasteiger partial charge in [-0.25, -0.2) is 14.8 Å². The van der Waals surface area contributed by atoms with Crippen LogP contribution in [0.1, 0.15) is 11.5 Å². The molecule has 0 bridgehead atoms. The summed E-state index contributed by atoms with van der Waals surface area (Å²) in [5, 5.41) is 0.468. The molecular formula is C22H19BrN4O3. The first kappa shape index (κ1) is 19.0. The van der Waals surface area contributed by atoms with Crippen molar-refractivity contribution in [3.8, 4) is 5.82 Å². The van der Waals surface area contributed by atoms with Gasteiger partial charge in [0, 0.05) is 36.2 Å². The summed E-state index contributed by atoms with van der Waals surface area (Å²) in [5.41, 5.74) is 2.11. The quantitative estimate of drug-likeness (QED) is 0.457. The smallest absolute Gasteiger partial charge is 0.346 e. The number of morpholine rings is 1. The summed E-state index contributed by atoms with van der Waals surface area (Å²) in [6.45, 7) is 2.82. The highest BCUT2D eigenvalue weighted by molar-refractivity contribution is 9.10. The maximum Gasteiger partial charge on any atom is 0.346 e. The molecule has 0 saturated carbocycles. The average molecular weight is 467 g/mol. The van der Waals surface area contributed by atoms with Crippen LogP contribution in [0.4, 0.5) is 5.69 Å². The van der Waals surface area contributed by atoms with Crippen LogP contribution in [-0.2, 0) is 11.2 Å². The zero-order chi connectivity index (χ0) is 20.5. The Bertz CT molecular complexity index is 1230. The van der Waals surface area contributed by atoms with Crippen molar-refractivity contribution < 1.29 is 9.15 Å². The predicted molar refractivity (Wildman–Crippen MR) is 117 cm³/mol. The van der Waals surface area contributed by atoms with E-state index in [1.165, 1.54) is 0 Å². The Morgan fingerprint density at radius 1 is 1.10 bits per heavy atom. The number of anilines is 1. The molecule has 0 amide bonds. The second-order valence-corrected chi connectivity index (χ2v) is 8.02. The Balaban J connectivity index is 1.50. The van der Waals surface area contributed by atoms with E-state index >= 15 is 0 Å². The predicted octanol–water partition coefficient (Wildman–Crippen LogP) is 3.56. The first-order valence-electron chi connectivity index (χ1n) is 9.71. The minimum atomic E-state index is -0.386. The van der Waals surface area contributed by atoms with E-state index in [0.29, 0.717) is 36.4 Å². The van der Waals surface area contributed by atoms with Crippen LogP contribution < -0.4 is 10.5 Å². The molecule has 0 N–H and O–H groups in total. The minimum absolute atomic E-state index is 0.375. The Labute approximate surface area is 181 Å². The van der Waals surface area contributed by atoms with E-state index < -0.39 is 0 Å². The summed E-state index contributed by atoms with van der Waals surface area (Å²) >= 11 is 3.50. The molecule has 8 heteroatoms. The normalized spacial score (nSPS) is 14.4. The van der Waals surface area contributed by atoms with Gasteiger partial charge in [0.15, 0.2) is 0 Å². The van der Waals surface area contributed by atoms with Crippen LogP contribution in [0.5, 0.6) is 0 Å². The Hall–Kier alpha value is -2.97. The highest BCUT2D eigenvalue weighted by atomic mass is 79.9. The zero-order valence-electron chi connectivity index (χ0n) is 16.1. The lowest BCUT2D eigenvalue weighted by molar-refractivity contribution is 0.123. The van der Waals surface area contributed by atoms with Gasteiger partial charge >= 0.3 is 5.63 Å². The summed E-state index contributed by atoms with van der Waals surface area (Å²) in [5.74, 6) is 1.20. The van der Waals surface area contributed by atoms with Gasteiger partial charge in [-0.1, -0.05) is 22.0 Å². The average Bonchev–Trinajstić information content (AvgIpc) is 3.30. The molecule has 0 atom stereocenters. The van der Waals surface area contributed by atoms with Gasteiger partial charge in [-0.2, -0.15) is 0 Å². The summed E-state index contributed by atoms with van der Waals surface area (Å²) in [7, 11) is 0. The van der Waals surface area contributed by atoms with Crippen molar-refractivity contribution in [2.24, 2.45) is 0 Å². The molecule has 0 radical (unpaired) electrons. The van der Waals surface area contributed by atoms with Crippen LogP contribution in [0.3, 0.4) is 0 Å². The number of hydrogen-bond donors (Lipinski definition) is 0. The number of pyridine rings is 1. The van der Waals surface area contributed by atoms with E-state index in [0.717, 1.165) is 34.6 Å². The van der Waals surface area contributed by atoms with E-state index in [9.17, 15) is 4.79 Å². The number of hydrogen-bond acceptors (Lipinski definition) is 6. The van der Waals surface area contributed by atoms with E-state index in [4.69, 9.17) is 14.1 Å². The van der Waals surface area contributed by atoms with Gasteiger partial charge in [0.2, 0.25) is 5.89 Å². The summed E-state index contributed by atoms with van der Waals surface area (Å²) in [4.78, 5) is 24.1. The molecule has 7 nitrogen and oxygen atoms in total. The van der Waals surface area contributed by atoms with Crippen molar-refractivity contribution >= 4 is 32.5 Å². The largest absolute Gasteiger partial charge is 0.408 e. The van der Waals surface area contributed by atoms with Gasteiger partial charge in [-0.3, -0.25) is 0 Å². The highest BCUT2D eigenvalue weighted by Crippen LogP contribution is 2.29. The van der Waals surface area contributed by atoms with E-state index in [1.54, 1.807) is 12.3 Å². The van der Waals surface area contributed by atoms with Crippen molar-refractivity contribution in [1.82, 2.24) is 14.5 Å². The number of fused-ring (bicyclic) bond motifs is 1. The van der Waals surface area contributed by atoms with Crippen LogP contribution >= 0.6 is 15.9 Å². The lowest BCUT2D eigenvalue weighted by Crippen LogP contribution is -2.36. The number of nitrogens with zero attached hydrogens (tertiary/aromatic N) is 4. The van der Waals surface area contributed by atoms with Crippen molar-refractivity contribution in [3.05, 3.63) is 81.3 Å². The van der Waals surface area contributed by atoms with Gasteiger partial charge in [0.1, 0.15) is 11.3 Å². The molecule has 3 aromatic heterocycles. The standard InChI is InChI=1S/C22H19BrN4O3/c23-16-12-17-21(18(13-16)26-7-9-29-10-8-26)25-20(30-22(17)28)11-15-3-4-19(24-14-15)27-5-1-2-6-27/h1-6,12-14H,7-11H2. The fourth-order valence-electron chi connectivity index (χ4n) is 3.62. The van der Waals surface area contributed by atoms with Crippen LogP contribution in [0.25, 0.3) is 16.7 Å². The molecule has 1 fully saturated rings. The molecule has 4 heterocycles. The summed E-state index contributed by atoms with van der Waals surface area (Å²) in [6.07, 6.45) is 6.06. The second kappa shape index (κ2) is 8.04. The van der Waals surface area contributed by atoms with E-state index in [1.807, 2.05) is 47.3 Å². The topological polar surface area (TPSA) is 73.4 Å². The van der Waals surface area contributed by atoms with E-state index in [-0.39, 0.29) is 5.63 Å². The second-order valence-electron chi connectivity index (χ2n) is 7.11. The third kappa shape index (κ3) is 3.76. The number of halogens is 1. The molecule has 1 aliphatic rings. The zero-order valence-corrected chi connectivity index (χ0v) is 17.7. The van der Waals surface area contributed by atoms with Gasteiger partial charge in [-0.15, -0.1) is 0 Å². The Kier molecular flexibility index (Phi) is 5.10. The number of aromatic nitrogens is 3. The molecule has 5 rings (SSSR count). The Morgan fingerprint density at radius 3 is 2.63 bits per heavy atom. The third-order valence-corrected chi connectivity index (χ3v) is 5.56. The third-order valence-electron chi connectivity index (χ3n) is 5.11. The molecule has 0 spiro atoms. The van der Waals surface area contributed by atoms with E-state index in [2.05, 4.69) is 25.8 Å². The van der Waals surface area contributed by atoms with Crippen LogP contribution in [0.2, 0.25) is 0 Å². The van der Waals surface area contributed by atoms with Crippen LogP contribution in [0, 0.1) is 0 Å². The monoisotopic (exact) mass is 466 g/mol. The maximum atomic E-state index is 12.7. The molecule has 1 aromatic carbocycles. The van der Waals surface area contributed by atoms with Gasteiger partial charge in [0.05, 0.1) is 30.7 Å². The minimum Gasteiger partial charge on any atom is -0.408 e. The summed E-state index contributed by atoms with van der Waals surface area (Å²) in [6, 6.07) is 11.6. The molecule has 1 saturated heterocycles. The Morgan fingerprint density at radius 2 is 1.90 bits per heavy atom. The van der Waals surface area contributed by atoms with Crippen molar-refractivity contribution in [2.45, 2.75) is 6.42 Å². The summed E-state index contributed by atoms with van der Waals surface area (Å²) < 4.78 is 13.8. The number of rotatable bonds is 4. The van der Waals surface area contributed by atoms with Gasteiger partial charge in [-0.05, 0) is 35.9 Å². The lowest BCUT2D eigenvalue weighted by Gasteiger charge is -2.29. The molecule has 4 aromatic rings. The number of benzene rings is 1. The molecule has 0 aliphatic carbocycles. The molecule has 30 heavy (non-hydrogen) atoms. The number of ether oxygens (including phenoxy) is 1. The maximum absolute atomic E-state index is 12.7. The molecule has 1 aliphatic heterocycles. The SMILES string of the molecule is O=c1oc(Cc2ccc(-n3cccc3)nc2)nc2c(N3CCOCC3)cc(Br)cc12. The van der Waals surface area contributed by atoms with Crippen molar-refractivity contribution in [3.63, 3.8) is 0 Å².